The number of azo groups is 1. The molecule has 2 aromatic carbocycles. The molecule has 8 nitrogen and oxygen atoms in total. The summed E-state index contributed by atoms with van der Waals surface area (Å²) in [6.07, 6.45) is 0.790. The van der Waals surface area contributed by atoms with Crippen LogP contribution < -0.4 is 11.1 Å². The third-order valence-electron chi connectivity index (χ3n) is 4.18. The second kappa shape index (κ2) is 6.99. The molecule has 0 aliphatic carbocycles. The topological polar surface area (TPSA) is 123 Å². The van der Waals surface area contributed by atoms with E-state index >= 15 is 0 Å². The van der Waals surface area contributed by atoms with Gasteiger partial charge in [0.15, 0.2) is 5.70 Å². The van der Waals surface area contributed by atoms with Gasteiger partial charge < -0.3 is 11.1 Å². The molecular formula is C19H19N5O3. The number of carbonyl (C=O) groups is 1. The first-order valence-electron chi connectivity index (χ1n) is 8.33. The summed E-state index contributed by atoms with van der Waals surface area (Å²) in [5, 5.41) is 22.1. The first-order valence-corrected chi connectivity index (χ1v) is 8.33. The molecule has 27 heavy (non-hydrogen) atoms. The van der Waals surface area contributed by atoms with Gasteiger partial charge in [-0.05, 0) is 38.0 Å². The number of non-ortho nitro benzene ring substituents is 1. The highest BCUT2D eigenvalue weighted by molar-refractivity contribution is 6.00. The van der Waals surface area contributed by atoms with Crippen molar-refractivity contribution in [2.24, 2.45) is 16.0 Å². The number of rotatable bonds is 4. The summed E-state index contributed by atoms with van der Waals surface area (Å²) in [4.78, 5) is 22.3. The van der Waals surface area contributed by atoms with Crippen molar-refractivity contribution in [2.75, 3.05) is 0 Å². The average Bonchev–Trinajstić information content (AvgIpc) is 2.61. The minimum Gasteiger partial charge on any atom is -0.377 e. The molecule has 0 radical (unpaired) electrons. The van der Waals surface area contributed by atoms with Crippen molar-refractivity contribution >= 4 is 23.0 Å². The van der Waals surface area contributed by atoms with Gasteiger partial charge in [0.1, 0.15) is 0 Å². The van der Waals surface area contributed by atoms with Crippen molar-refractivity contribution in [3.8, 4) is 0 Å². The lowest BCUT2D eigenvalue weighted by atomic mass is 9.85. The molecule has 0 saturated carbocycles. The largest absolute Gasteiger partial charge is 0.377 e. The molecule has 3 rings (SSSR count). The normalized spacial score (nSPS) is 17.1. The second-order valence-electron chi connectivity index (χ2n) is 6.90. The van der Waals surface area contributed by atoms with Gasteiger partial charge in [0.2, 0.25) is 0 Å². The summed E-state index contributed by atoms with van der Waals surface area (Å²) in [5.41, 5.74) is 8.08. The molecule has 2 aromatic rings. The molecule has 0 unspecified atom stereocenters. The zero-order valence-electron chi connectivity index (χ0n) is 15.0. The van der Waals surface area contributed by atoms with Gasteiger partial charge in [-0.25, -0.2) is 0 Å². The summed E-state index contributed by atoms with van der Waals surface area (Å²) in [6.45, 7) is 4.05. The van der Waals surface area contributed by atoms with E-state index in [-0.39, 0.29) is 16.9 Å². The Hall–Kier alpha value is -3.55. The molecule has 0 saturated heterocycles. The third kappa shape index (κ3) is 4.00. The van der Waals surface area contributed by atoms with E-state index in [1.165, 1.54) is 24.3 Å². The minimum atomic E-state index is -0.712. The first kappa shape index (κ1) is 18.2. The van der Waals surface area contributed by atoms with E-state index < -0.39 is 10.8 Å². The Morgan fingerprint density at radius 3 is 2.48 bits per heavy atom. The number of fused-ring (bicyclic) bond motifs is 1. The van der Waals surface area contributed by atoms with Gasteiger partial charge in [-0.15, -0.1) is 5.11 Å². The van der Waals surface area contributed by atoms with Crippen LogP contribution in [-0.4, -0.2) is 16.4 Å². The predicted molar refractivity (Wildman–Crippen MR) is 101 cm³/mol. The van der Waals surface area contributed by atoms with Gasteiger partial charge in [0.25, 0.3) is 11.6 Å². The Morgan fingerprint density at radius 2 is 1.85 bits per heavy atom. The number of primary amides is 1. The predicted octanol–water partition coefficient (Wildman–Crippen LogP) is 3.46. The van der Waals surface area contributed by atoms with E-state index in [0.29, 0.717) is 11.4 Å². The summed E-state index contributed by atoms with van der Waals surface area (Å²) < 4.78 is 0. The molecule has 138 valence electrons. The van der Waals surface area contributed by atoms with Crippen molar-refractivity contribution < 1.29 is 9.72 Å². The standard InChI is InChI=1S/C19H19N5O3/c1-19(2)11-12-5-3-4-6-15(12)16(21-19)17(18(20)25)23-22-13-7-9-14(10-8-13)24(26)27/h3-10,21H,11H2,1-2H3,(H2,20,25). The zero-order chi connectivity index (χ0) is 19.6. The zero-order valence-corrected chi connectivity index (χ0v) is 15.0. The SMILES string of the molecule is CC1(C)Cc2ccccc2C(=C(N=Nc2ccc([N+](=O)[O-])cc2)C(N)=O)N1. The average molecular weight is 365 g/mol. The molecule has 8 heteroatoms. The van der Waals surface area contributed by atoms with E-state index in [4.69, 9.17) is 5.73 Å². The smallest absolute Gasteiger partial charge is 0.271 e. The minimum absolute atomic E-state index is 0.00794. The van der Waals surface area contributed by atoms with E-state index in [0.717, 1.165) is 17.5 Å². The molecule has 0 bridgehead atoms. The lowest BCUT2D eigenvalue weighted by molar-refractivity contribution is -0.384. The van der Waals surface area contributed by atoms with Gasteiger partial charge in [-0.3, -0.25) is 14.9 Å². The molecule has 0 spiro atoms. The lowest BCUT2D eigenvalue weighted by Crippen LogP contribution is -2.44. The van der Waals surface area contributed by atoms with Crippen LogP contribution in [0.3, 0.4) is 0 Å². The van der Waals surface area contributed by atoms with Crippen molar-refractivity contribution in [3.05, 3.63) is 75.5 Å². The van der Waals surface area contributed by atoms with Crippen LogP contribution in [0.15, 0.2) is 64.5 Å². The quantitative estimate of drug-likeness (QED) is 0.373. The highest BCUT2D eigenvalue weighted by Crippen LogP contribution is 2.32. The van der Waals surface area contributed by atoms with E-state index in [1.54, 1.807) is 0 Å². The Labute approximate surface area is 155 Å². The van der Waals surface area contributed by atoms with Crippen molar-refractivity contribution in [1.82, 2.24) is 5.32 Å². The lowest BCUT2D eigenvalue weighted by Gasteiger charge is -2.35. The molecule has 1 aliphatic heterocycles. The monoisotopic (exact) mass is 365 g/mol. The first-order chi connectivity index (χ1) is 12.8. The maximum atomic E-state index is 12.1. The number of nitrogens with two attached hydrogens (primary N) is 1. The number of nitro groups is 1. The fraction of sp³-hybridized carbons (Fsp3) is 0.211. The Bertz CT molecular complexity index is 962. The second-order valence-corrected chi connectivity index (χ2v) is 6.90. The molecule has 0 fully saturated rings. The fourth-order valence-electron chi connectivity index (χ4n) is 3.00. The van der Waals surface area contributed by atoms with Crippen molar-refractivity contribution in [1.29, 1.82) is 0 Å². The van der Waals surface area contributed by atoms with Crippen molar-refractivity contribution in [3.63, 3.8) is 0 Å². The maximum absolute atomic E-state index is 12.1. The number of hydrogen-bond acceptors (Lipinski definition) is 6. The number of benzene rings is 2. The third-order valence-corrected chi connectivity index (χ3v) is 4.18. The fourth-order valence-corrected chi connectivity index (χ4v) is 3.00. The van der Waals surface area contributed by atoms with Crippen LogP contribution in [0, 0.1) is 10.1 Å². The van der Waals surface area contributed by atoms with Gasteiger partial charge in [0.05, 0.1) is 16.3 Å². The van der Waals surface area contributed by atoms with E-state index in [1.807, 2.05) is 38.1 Å². The number of nitro benzene ring substituents is 1. The molecule has 1 aliphatic rings. The molecule has 0 atom stereocenters. The summed E-state index contributed by atoms with van der Waals surface area (Å²) in [5.74, 6) is -0.712. The van der Waals surface area contributed by atoms with Gasteiger partial charge >= 0.3 is 0 Å². The van der Waals surface area contributed by atoms with Gasteiger partial charge in [0, 0.05) is 23.2 Å². The van der Waals surface area contributed by atoms with Gasteiger partial charge in [-0.2, -0.15) is 5.11 Å². The Balaban J connectivity index is 2.04. The molecular weight excluding hydrogens is 346 g/mol. The highest BCUT2D eigenvalue weighted by Gasteiger charge is 2.30. The van der Waals surface area contributed by atoms with Crippen LogP contribution in [0.2, 0.25) is 0 Å². The Morgan fingerprint density at radius 1 is 1.19 bits per heavy atom. The summed E-state index contributed by atoms with van der Waals surface area (Å²) >= 11 is 0. The van der Waals surface area contributed by atoms with E-state index in [2.05, 4.69) is 15.5 Å². The number of nitrogens with one attached hydrogen (secondary N) is 1. The van der Waals surface area contributed by atoms with Crippen LogP contribution in [-0.2, 0) is 11.2 Å². The molecule has 1 amide bonds. The van der Waals surface area contributed by atoms with E-state index in [9.17, 15) is 14.9 Å². The summed E-state index contributed by atoms with van der Waals surface area (Å²) in [6, 6.07) is 13.3. The van der Waals surface area contributed by atoms with Crippen LogP contribution in [0.25, 0.3) is 5.70 Å². The van der Waals surface area contributed by atoms with Crippen LogP contribution in [0.5, 0.6) is 0 Å². The number of nitrogens with zero attached hydrogens (tertiary/aromatic N) is 3. The van der Waals surface area contributed by atoms with Crippen LogP contribution in [0.4, 0.5) is 11.4 Å². The highest BCUT2D eigenvalue weighted by atomic mass is 16.6. The van der Waals surface area contributed by atoms with Gasteiger partial charge in [-0.1, -0.05) is 24.3 Å². The summed E-state index contributed by atoms with van der Waals surface area (Å²) in [7, 11) is 0. The van der Waals surface area contributed by atoms with Crippen LogP contribution >= 0.6 is 0 Å². The van der Waals surface area contributed by atoms with Crippen LogP contribution in [0.1, 0.15) is 25.0 Å². The molecule has 1 heterocycles. The Kier molecular flexibility index (Phi) is 4.72. The number of amides is 1. The molecule has 3 N–H and O–H groups in total. The number of carbonyl (C=O) groups excluding carboxylic acids is 1. The maximum Gasteiger partial charge on any atom is 0.271 e. The molecule has 0 aromatic heterocycles. The van der Waals surface area contributed by atoms with Crippen molar-refractivity contribution in [2.45, 2.75) is 25.8 Å². The number of hydrogen-bond donors (Lipinski definition) is 2.